The molecule has 4 nitrogen and oxygen atoms in total. The fourth-order valence-corrected chi connectivity index (χ4v) is 3.58. The maximum atomic E-state index is 11.8. The number of piperidine rings is 1. The largest absolute Gasteiger partial charge is 0.468 e. The highest BCUT2D eigenvalue weighted by atomic mass is 16.5. The zero-order valence-electron chi connectivity index (χ0n) is 9.59. The highest BCUT2D eigenvalue weighted by Gasteiger charge is 2.81. The summed E-state index contributed by atoms with van der Waals surface area (Å²) in [4.78, 5) is 23.4. The molecular weight excluding hydrogens is 194 g/mol. The molecule has 1 saturated carbocycles. The predicted octanol–water partition coefficient (Wildman–Crippen LogP) is 0.363. The lowest BCUT2D eigenvalue weighted by atomic mass is 9.85. The maximum absolute atomic E-state index is 11.8. The molecule has 1 heterocycles. The molecule has 0 aromatic heterocycles. The van der Waals surface area contributed by atoms with E-state index >= 15 is 0 Å². The predicted molar refractivity (Wildman–Crippen MR) is 54.2 cm³/mol. The van der Waals surface area contributed by atoms with Crippen molar-refractivity contribution in [3.8, 4) is 0 Å². The lowest BCUT2D eigenvalue weighted by molar-refractivity contribution is -0.147. The number of hydrogen-bond acceptors (Lipinski definition) is 4. The van der Waals surface area contributed by atoms with Gasteiger partial charge in [-0.15, -0.1) is 0 Å². The monoisotopic (exact) mass is 211 g/mol. The van der Waals surface area contributed by atoms with Crippen molar-refractivity contribution in [1.82, 2.24) is 5.32 Å². The molecule has 0 aromatic rings. The molecule has 0 amide bonds. The molecule has 1 aliphatic heterocycles. The molecule has 3 atom stereocenters. The number of rotatable bonds is 2. The van der Waals surface area contributed by atoms with Gasteiger partial charge in [0.2, 0.25) is 0 Å². The van der Waals surface area contributed by atoms with Crippen molar-refractivity contribution in [2.75, 3.05) is 13.7 Å². The molecule has 1 N–H and O–H groups in total. The van der Waals surface area contributed by atoms with Crippen molar-refractivity contribution in [3.05, 3.63) is 0 Å². The Morgan fingerprint density at radius 3 is 2.40 bits per heavy atom. The van der Waals surface area contributed by atoms with Gasteiger partial charge in [0.15, 0.2) is 0 Å². The normalized spacial score (nSPS) is 40.8. The third kappa shape index (κ3) is 0.956. The van der Waals surface area contributed by atoms with Crippen molar-refractivity contribution in [2.45, 2.75) is 26.8 Å². The van der Waals surface area contributed by atoms with Gasteiger partial charge in [0, 0.05) is 6.54 Å². The van der Waals surface area contributed by atoms with Gasteiger partial charge >= 0.3 is 5.97 Å². The zero-order chi connectivity index (χ0) is 11.4. The number of methoxy groups -OCH3 is 1. The SMILES string of the molecule is COC(=O)C1NCC2C(C)(C)C12C(C)=O. The summed E-state index contributed by atoms with van der Waals surface area (Å²) < 4.78 is 4.75. The van der Waals surface area contributed by atoms with Crippen LogP contribution in [-0.2, 0) is 14.3 Å². The van der Waals surface area contributed by atoms with Crippen molar-refractivity contribution in [1.29, 1.82) is 0 Å². The highest BCUT2D eigenvalue weighted by molar-refractivity contribution is 5.96. The summed E-state index contributed by atoms with van der Waals surface area (Å²) in [5, 5.41) is 3.09. The number of nitrogens with one attached hydrogen (secondary N) is 1. The molecular formula is C11H17NO3. The molecule has 15 heavy (non-hydrogen) atoms. The first-order valence-corrected chi connectivity index (χ1v) is 5.23. The van der Waals surface area contributed by atoms with Crippen LogP contribution in [0, 0.1) is 16.7 Å². The van der Waals surface area contributed by atoms with Crippen LogP contribution in [0.2, 0.25) is 0 Å². The Kier molecular flexibility index (Phi) is 1.99. The Morgan fingerprint density at radius 2 is 2.00 bits per heavy atom. The van der Waals surface area contributed by atoms with E-state index in [9.17, 15) is 9.59 Å². The minimum absolute atomic E-state index is 0.0804. The summed E-state index contributed by atoms with van der Waals surface area (Å²) in [5.74, 6) is 0.0442. The van der Waals surface area contributed by atoms with Crippen molar-refractivity contribution in [3.63, 3.8) is 0 Å². The van der Waals surface area contributed by atoms with Crippen LogP contribution in [0.3, 0.4) is 0 Å². The van der Waals surface area contributed by atoms with Gasteiger partial charge in [0.25, 0.3) is 0 Å². The van der Waals surface area contributed by atoms with Gasteiger partial charge in [-0.05, 0) is 18.3 Å². The first kappa shape index (κ1) is 10.6. The molecule has 2 rings (SSSR count). The van der Waals surface area contributed by atoms with Crippen LogP contribution < -0.4 is 5.32 Å². The summed E-state index contributed by atoms with van der Waals surface area (Å²) in [6, 6.07) is -0.458. The summed E-state index contributed by atoms with van der Waals surface area (Å²) >= 11 is 0. The molecule has 0 radical (unpaired) electrons. The maximum Gasteiger partial charge on any atom is 0.323 e. The second-order valence-electron chi connectivity index (χ2n) is 5.06. The van der Waals surface area contributed by atoms with E-state index in [1.165, 1.54) is 7.11 Å². The van der Waals surface area contributed by atoms with Gasteiger partial charge in [-0.2, -0.15) is 0 Å². The number of ether oxygens (including phenoxy) is 1. The van der Waals surface area contributed by atoms with Gasteiger partial charge in [0.05, 0.1) is 12.5 Å². The van der Waals surface area contributed by atoms with Crippen molar-refractivity contribution >= 4 is 11.8 Å². The molecule has 3 unspecified atom stereocenters. The topological polar surface area (TPSA) is 55.4 Å². The van der Waals surface area contributed by atoms with E-state index in [0.717, 1.165) is 6.54 Å². The Morgan fingerprint density at radius 1 is 1.40 bits per heavy atom. The van der Waals surface area contributed by atoms with Crippen LogP contribution in [0.5, 0.6) is 0 Å². The first-order valence-electron chi connectivity index (χ1n) is 5.23. The Balaban J connectivity index is 2.37. The fraction of sp³-hybridized carbons (Fsp3) is 0.818. The highest BCUT2D eigenvalue weighted by Crippen LogP contribution is 2.73. The summed E-state index contributed by atoms with van der Waals surface area (Å²) in [7, 11) is 1.36. The van der Waals surface area contributed by atoms with Crippen LogP contribution in [0.25, 0.3) is 0 Å². The molecule has 0 bridgehead atoms. The van der Waals surface area contributed by atoms with Crippen molar-refractivity contribution < 1.29 is 14.3 Å². The molecule has 0 spiro atoms. The van der Waals surface area contributed by atoms with Crippen LogP contribution in [0.4, 0.5) is 0 Å². The number of esters is 1. The summed E-state index contributed by atoms with van der Waals surface area (Å²) in [6.45, 7) is 6.41. The average molecular weight is 211 g/mol. The first-order chi connectivity index (χ1) is 6.90. The number of carbonyl (C=O) groups excluding carboxylic acids is 2. The molecule has 2 fully saturated rings. The number of fused-ring (bicyclic) bond motifs is 1. The molecule has 1 saturated heterocycles. The third-order valence-corrected chi connectivity index (χ3v) is 4.40. The van der Waals surface area contributed by atoms with Crippen LogP contribution in [0.15, 0.2) is 0 Å². The van der Waals surface area contributed by atoms with Crippen LogP contribution in [0.1, 0.15) is 20.8 Å². The molecule has 4 heteroatoms. The van der Waals surface area contributed by atoms with Gasteiger partial charge in [0.1, 0.15) is 11.8 Å². The lowest BCUT2D eigenvalue weighted by Gasteiger charge is -2.24. The molecule has 2 aliphatic rings. The number of hydrogen-bond donors (Lipinski definition) is 1. The third-order valence-electron chi connectivity index (χ3n) is 4.40. The minimum Gasteiger partial charge on any atom is -0.468 e. The number of carbonyl (C=O) groups is 2. The van der Waals surface area contributed by atoms with Gasteiger partial charge < -0.3 is 10.1 Å². The van der Waals surface area contributed by atoms with E-state index in [2.05, 4.69) is 19.2 Å². The van der Waals surface area contributed by atoms with Crippen LogP contribution >= 0.6 is 0 Å². The second-order valence-corrected chi connectivity index (χ2v) is 5.06. The van der Waals surface area contributed by atoms with Crippen molar-refractivity contribution in [2.24, 2.45) is 16.7 Å². The van der Waals surface area contributed by atoms with Gasteiger partial charge in [-0.3, -0.25) is 9.59 Å². The lowest BCUT2D eigenvalue weighted by Crippen LogP contribution is -2.46. The van der Waals surface area contributed by atoms with E-state index in [4.69, 9.17) is 4.74 Å². The Labute approximate surface area is 89.4 Å². The van der Waals surface area contributed by atoms with Gasteiger partial charge in [-0.25, -0.2) is 0 Å². The smallest absolute Gasteiger partial charge is 0.323 e. The van der Waals surface area contributed by atoms with Crippen LogP contribution in [-0.4, -0.2) is 31.4 Å². The Bertz CT molecular complexity index is 337. The number of ketones is 1. The Hall–Kier alpha value is -0.900. The molecule has 0 aromatic carbocycles. The second kappa shape index (κ2) is 2.82. The van der Waals surface area contributed by atoms with E-state index < -0.39 is 11.5 Å². The molecule has 84 valence electrons. The fourth-order valence-electron chi connectivity index (χ4n) is 3.58. The van der Waals surface area contributed by atoms with Gasteiger partial charge in [-0.1, -0.05) is 13.8 Å². The van der Waals surface area contributed by atoms with E-state index in [1.54, 1.807) is 6.92 Å². The summed E-state index contributed by atoms with van der Waals surface area (Å²) in [6.07, 6.45) is 0. The van der Waals surface area contributed by atoms with E-state index in [0.29, 0.717) is 0 Å². The minimum atomic E-state index is -0.528. The number of Topliss-reactive ketones (excluding diaryl/α,β-unsaturated/α-hetero) is 1. The van der Waals surface area contributed by atoms with E-state index in [1.807, 2.05) is 0 Å². The molecule has 1 aliphatic carbocycles. The zero-order valence-corrected chi connectivity index (χ0v) is 9.59. The standard InChI is InChI=1S/C11H17NO3/c1-6(13)11-7(10(11,2)3)5-12-8(11)9(14)15-4/h7-8,12H,5H2,1-4H3. The average Bonchev–Trinajstić information content (AvgIpc) is 2.56. The summed E-state index contributed by atoms with van der Waals surface area (Å²) in [5.41, 5.74) is -0.608. The van der Waals surface area contributed by atoms with E-state index in [-0.39, 0.29) is 23.1 Å². The quantitative estimate of drug-likeness (QED) is 0.670.